The van der Waals surface area contributed by atoms with Crippen LogP contribution in [0.4, 0.5) is 5.69 Å². The molecule has 2 aromatic rings. The molecule has 1 N–H and O–H groups in total. The second kappa shape index (κ2) is 6.99. The Kier molecular flexibility index (Phi) is 4.81. The lowest BCUT2D eigenvalue weighted by Crippen LogP contribution is -2.26. The molecular weight excluding hydrogens is 270 g/mol. The number of nitrogens with one attached hydrogen (secondary N) is 1. The van der Waals surface area contributed by atoms with Gasteiger partial charge in [0.2, 0.25) is 0 Å². The second-order valence-corrected chi connectivity index (χ2v) is 6.55. The molecule has 3 heteroatoms. The fourth-order valence-corrected chi connectivity index (χ4v) is 3.71. The van der Waals surface area contributed by atoms with Crippen molar-refractivity contribution in [1.29, 1.82) is 0 Å². The van der Waals surface area contributed by atoms with E-state index in [1.54, 1.807) is 0 Å². The Morgan fingerprint density at radius 2 is 1.86 bits per heavy atom. The zero-order valence-corrected chi connectivity index (χ0v) is 13.8. The summed E-state index contributed by atoms with van der Waals surface area (Å²) in [6.45, 7) is 2.30. The summed E-state index contributed by atoms with van der Waals surface area (Å²) in [6.07, 6.45) is 10.00. The Hall–Kier alpha value is -1.77. The van der Waals surface area contributed by atoms with Gasteiger partial charge in [0.15, 0.2) is 0 Å². The van der Waals surface area contributed by atoms with Gasteiger partial charge in [-0.15, -0.1) is 0 Å². The van der Waals surface area contributed by atoms with Gasteiger partial charge in [-0.25, -0.2) is 0 Å². The van der Waals surface area contributed by atoms with Crippen molar-refractivity contribution < 1.29 is 0 Å². The van der Waals surface area contributed by atoms with Crippen LogP contribution in [0, 0.1) is 5.92 Å². The molecule has 22 heavy (non-hydrogen) atoms. The van der Waals surface area contributed by atoms with E-state index in [2.05, 4.69) is 47.7 Å². The summed E-state index contributed by atoms with van der Waals surface area (Å²) in [5.74, 6) is 0.950. The monoisotopic (exact) mass is 297 g/mol. The summed E-state index contributed by atoms with van der Waals surface area (Å²) in [5.41, 5.74) is 3.59. The van der Waals surface area contributed by atoms with E-state index in [-0.39, 0.29) is 0 Å². The fourth-order valence-electron chi connectivity index (χ4n) is 3.71. The van der Waals surface area contributed by atoms with Gasteiger partial charge < -0.3 is 5.32 Å². The Morgan fingerprint density at radius 1 is 1.14 bits per heavy atom. The van der Waals surface area contributed by atoms with Crippen molar-refractivity contribution in [3.05, 3.63) is 36.5 Å². The number of hydrogen-bond acceptors (Lipinski definition) is 2. The third-order valence-corrected chi connectivity index (χ3v) is 4.89. The van der Waals surface area contributed by atoms with Gasteiger partial charge in [-0.1, -0.05) is 50.1 Å². The molecule has 0 radical (unpaired) electrons. The van der Waals surface area contributed by atoms with E-state index >= 15 is 0 Å². The van der Waals surface area contributed by atoms with E-state index in [1.165, 1.54) is 55.5 Å². The maximum Gasteiger partial charge on any atom is 0.0910 e. The molecule has 3 rings (SSSR count). The maximum absolute atomic E-state index is 4.46. The Morgan fingerprint density at radius 3 is 2.55 bits per heavy atom. The van der Waals surface area contributed by atoms with Gasteiger partial charge in [0.1, 0.15) is 0 Å². The number of aryl methyl sites for hydroxylation is 1. The molecule has 0 amide bonds. The quantitative estimate of drug-likeness (QED) is 0.854. The molecule has 1 aromatic carbocycles. The van der Waals surface area contributed by atoms with E-state index in [4.69, 9.17) is 0 Å². The molecule has 1 saturated carbocycles. The molecular formula is C19H27N3. The number of nitrogens with zero attached hydrogens (tertiary/aromatic N) is 2. The maximum atomic E-state index is 4.46. The van der Waals surface area contributed by atoms with Gasteiger partial charge in [0.25, 0.3) is 0 Å². The zero-order chi connectivity index (χ0) is 15.4. The molecule has 0 aliphatic heterocycles. The minimum absolute atomic E-state index is 0.597. The van der Waals surface area contributed by atoms with Crippen LogP contribution >= 0.6 is 0 Å². The highest BCUT2D eigenvalue weighted by atomic mass is 15.3. The first kappa shape index (κ1) is 15.1. The van der Waals surface area contributed by atoms with Gasteiger partial charge in [0, 0.05) is 18.7 Å². The summed E-state index contributed by atoms with van der Waals surface area (Å²) in [6, 6.07) is 11.1. The highest BCUT2D eigenvalue weighted by Gasteiger charge is 2.22. The number of hydrogen-bond donors (Lipinski definition) is 1. The van der Waals surface area contributed by atoms with E-state index < -0.39 is 0 Å². The van der Waals surface area contributed by atoms with E-state index in [9.17, 15) is 0 Å². The average molecular weight is 297 g/mol. The van der Waals surface area contributed by atoms with Crippen LogP contribution < -0.4 is 5.32 Å². The van der Waals surface area contributed by atoms with Crippen molar-refractivity contribution in [1.82, 2.24) is 9.78 Å². The smallest absolute Gasteiger partial charge is 0.0910 e. The zero-order valence-electron chi connectivity index (χ0n) is 13.8. The minimum Gasteiger partial charge on any atom is -0.379 e. The molecule has 1 fully saturated rings. The summed E-state index contributed by atoms with van der Waals surface area (Å²) in [7, 11) is 2.02. The lowest BCUT2D eigenvalue weighted by molar-refractivity contribution is 0.319. The molecule has 1 aliphatic carbocycles. The SMILES string of the molecule is CCCC1CCC(Nc2cnn(C)c2-c2ccccc2)CC1. The molecule has 0 saturated heterocycles. The molecule has 1 aliphatic rings. The van der Waals surface area contributed by atoms with Gasteiger partial charge in [0.05, 0.1) is 17.6 Å². The number of anilines is 1. The van der Waals surface area contributed by atoms with Crippen LogP contribution in [-0.2, 0) is 7.05 Å². The summed E-state index contributed by atoms with van der Waals surface area (Å²) in [5, 5.41) is 8.21. The standard InChI is InChI=1S/C19H27N3/c1-3-7-15-10-12-17(13-11-15)21-18-14-20-22(2)19(18)16-8-5-4-6-9-16/h4-6,8-9,14-15,17,21H,3,7,10-13H2,1-2H3. The van der Waals surface area contributed by atoms with Crippen molar-refractivity contribution in [2.24, 2.45) is 13.0 Å². The minimum atomic E-state index is 0.597. The van der Waals surface area contributed by atoms with Crippen molar-refractivity contribution in [3.8, 4) is 11.3 Å². The van der Waals surface area contributed by atoms with E-state index in [0.29, 0.717) is 6.04 Å². The molecule has 0 unspecified atom stereocenters. The van der Waals surface area contributed by atoms with Crippen LogP contribution in [0.3, 0.4) is 0 Å². The second-order valence-electron chi connectivity index (χ2n) is 6.55. The Labute approximate surface area is 133 Å². The van der Waals surface area contributed by atoms with Gasteiger partial charge >= 0.3 is 0 Å². The predicted octanol–water partition coefficient (Wildman–Crippen LogP) is 4.86. The largest absolute Gasteiger partial charge is 0.379 e. The van der Waals surface area contributed by atoms with Crippen LogP contribution in [0.25, 0.3) is 11.3 Å². The number of aromatic nitrogens is 2. The van der Waals surface area contributed by atoms with Crippen molar-refractivity contribution >= 4 is 5.69 Å². The van der Waals surface area contributed by atoms with Crippen LogP contribution in [-0.4, -0.2) is 15.8 Å². The molecule has 118 valence electrons. The summed E-state index contributed by atoms with van der Waals surface area (Å²) in [4.78, 5) is 0. The van der Waals surface area contributed by atoms with Gasteiger partial charge in [-0.2, -0.15) is 5.10 Å². The van der Waals surface area contributed by atoms with E-state index in [1.807, 2.05) is 17.9 Å². The lowest BCUT2D eigenvalue weighted by atomic mass is 9.83. The lowest BCUT2D eigenvalue weighted by Gasteiger charge is -2.29. The first-order valence-electron chi connectivity index (χ1n) is 8.62. The van der Waals surface area contributed by atoms with Crippen molar-refractivity contribution in [3.63, 3.8) is 0 Å². The Balaban J connectivity index is 1.69. The molecule has 1 aromatic heterocycles. The fraction of sp³-hybridized carbons (Fsp3) is 0.526. The summed E-state index contributed by atoms with van der Waals surface area (Å²) >= 11 is 0. The topological polar surface area (TPSA) is 29.9 Å². The predicted molar refractivity (Wildman–Crippen MR) is 92.9 cm³/mol. The number of benzene rings is 1. The molecule has 1 heterocycles. The first-order valence-corrected chi connectivity index (χ1v) is 8.62. The third-order valence-electron chi connectivity index (χ3n) is 4.89. The van der Waals surface area contributed by atoms with Gasteiger partial charge in [-0.05, 0) is 31.6 Å². The van der Waals surface area contributed by atoms with Crippen molar-refractivity contribution in [2.75, 3.05) is 5.32 Å². The van der Waals surface area contributed by atoms with Gasteiger partial charge in [-0.3, -0.25) is 4.68 Å². The van der Waals surface area contributed by atoms with Crippen LogP contribution in [0.2, 0.25) is 0 Å². The van der Waals surface area contributed by atoms with Crippen LogP contribution in [0.5, 0.6) is 0 Å². The van der Waals surface area contributed by atoms with Crippen LogP contribution in [0.15, 0.2) is 36.5 Å². The number of rotatable bonds is 5. The molecule has 0 bridgehead atoms. The normalized spacial score (nSPS) is 21.7. The van der Waals surface area contributed by atoms with E-state index in [0.717, 1.165) is 5.92 Å². The first-order chi connectivity index (χ1) is 10.8. The Bertz CT molecular complexity index is 580. The molecule has 0 atom stereocenters. The van der Waals surface area contributed by atoms with Crippen molar-refractivity contribution in [2.45, 2.75) is 51.5 Å². The molecule has 0 spiro atoms. The highest BCUT2D eigenvalue weighted by Crippen LogP contribution is 2.32. The van der Waals surface area contributed by atoms with Crippen LogP contribution in [0.1, 0.15) is 45.4 Å². The average Bonchev–Trinajstić information content (AvgIpc) is 2.91. The highest BCUT2D eigenvalue weighted by molar-refractivity contribution is 5.74. The summed E-state index contributed by atoms with van der Waals surface area (Å²) < 4.78 is 1.97. The third kappa shape index (κ3) is 3.34. The molecule has 3 nitrogen and oxygen atoms in total.